The Balaban J connectivity index is 0.903. The van der Waals surface area contributed by atoms with Crippen molar-refractivity contribution >= 4 is 46.0 Å². The number of aromatic amines is 1. The van der Waals surface area contributed by atoms with Crippen molar-refractivity contribution < 1.29 is 24.2 Å². The summed E-state index contributed by atoms with van der Waals surface area (Å²) in [7, 11) is 0. The quantitative estimate of drug-likeness (QED) is 0.170. The molecular formula is C47H59ClN6O5. The molecule has 0 saturated carbocycles. The molecule has 2 aromatic carbocycles. The number of carbonyl (C=O) groups excluding carboxylic acids is 1. The van der Waals surface area contributed by atoms with Gasteiger partial charge in [-0.2, -0.15) is 0 Å². The van der Waals surface area contributed by atoms with Crippen molar-refractivity contribution in [3.8, 4) is 11.5 Å². The first-order valence-electron chi connectivity index (χ1n) is 21.4. The fraction of sp³-hybridized carbons (Fsp3) is 0.511. The van der Waals surface area contributed by atoms with E-state index in [-0.39, 0.29) is 17.1 Å². The molecule has 4 aliphatic rings. The van der Waals surface area contributed by atoms with E-state index in [0.717, 1.165) is 119 Å². The van der Waals surface area contributed by atoms with Gasteiger partial charge in [-0.25, -0.2) is 14.6 Å². The van der Waals surface area contributed by atoms with E-state index in [1.165, 1.54) is 29.6 Å². The molecule has 0 unspecified atom stereocenters. The summed E-state index contributed by atoms with van der Waals surface area (Å²) in [5.41, 5.74) is 6.15. The highest BCUT2D eigenvalue weighted by Gasteiger charge is 2.41. The highest BCUT2D eigenvalue weighted by molar-refractivity contribution is 6.30. The van der Waals surface area contributed by atoms with E-state index < -0.39 is 11.6 Å². The number of aromatic carboxylic acids is 1. The van der Waals surface area contributed by atoms with Crippen molar-refractivity contribution in [2.75, 3.05) is 70.3 Å². The first kappa shape index (κ1) is 41.2. The third-order valence-corrected chi connectivity index (χ3v) is 13.4. The van der Waals surface area contributed by atoms with Crippen LogP contribution in [0.4, 0.5) is 10.5 Å². The van der Waals surface area contributed by atoms with Crippen LogP contribution < -0.4 is 9.64 Å². The van der Waals surface area contributed by atoms with Crippen molar-refractivity contribution in [2.24, 2.45) is 10.8 Å². The van der Waals surface area contributed by atoms with Gasteiger partial charge in [-0.3, -0.25) is 4.90 Å². The Bertz CT molecular complexity index is 2170. The molecule has 8 rings (SSSR count). The number of halogens is 1. The molecule has 11 nitrogen and oxygen atoms in total. The minimum Gasteiger partial charge on any atom is -0.478 e. The number of rotatable bonds is 9. The lowest BCUT2D eigenvalue weighted by molar-refractivity contribution is -0.00675. The van der Waals surface area contributed by atoms with Crippen LogP contribution in [0.2, 0.25) is 5.02 Å². The number of fused-ring (bicyclic) bond motifs is 1. The average molecular weight is 823 g/mol. The SMILES string of the molecule is CC(C)(C)OC(=O)N1CCC2(CCN(C[C@]3(C)CCC(c4ccc(Cl)cc4)=C(CN4CCN(c5ccc(C(=O)O)c(Oc6cnc7[nH]ccc7c6)c5)CC4)C3)CC2)CC1. The molecule has 314 valence electrons. The predicted molar refractivity (Wildman–Crippen MR) is 234 cm³/mol. The summed E-state index contributed by atoms with van der Waals surface area (Å²) >= 11 is 6.35. The minimum absolute atomic E-state index is 0.119. The van der Waals surface area contributed by atoms with Gasteiger partial charge >= 0.3 is 12.1 Å². The largest absolute Gasteiger partial charge is 0.478 e. The second-order valence-electron chi connectivity index (χ2n) is 18.8. The molecule has 59 heavy (non-hydrogen) atoms. The van der Waals surface area contributed by atoms with E-state index in [9.17, 15) is 14.7 Å². The fourth-order valence-corrected chi connectivity index (χ4v) is 9.95. The second-order valence-corrected chi connectivity index (χ2v) is 19.2. The van der Waals surface area contributed by atoms with E-state index in [1.807, 2.05) is 68.3 Å². The zero-order valence-electron chi connectivity index (χ0n) is 35.1. The van der Waals surface area contributed by atoms with Crippen LogP contribution >= 0.6 is 11.6 Å². The molecule has 2 N–H and O–H groups in total. The van der Waals surface area contributed by atoms with Crippen LogP contribution in [0.25, 0.3) is 16.6 Å². The number of piperidine rings is 2. The van der Waals surface area contributed by atoms with Crippen LogP contribution in [-0.4, -0.2) is 113 Å². The van der Waals surface area contributed by atoms with Gasteiger partial charge in [0.05, 0.1) is 6.20 Å². The van der Waals surface area contributed by atoms with Gasteiger partial charge in [-0.05, 0) is 137 Å². The first-order chi connectivity index (χ1) is 28.2. The molecule has 1 atom stereocenters. The number of ether oxygens (including phenoxy) is 2. The van der Waals surface area contributed by atoms with E-state index in [4.69, 9.17) is 21.1 Å². The maximum absolute atomic E-state index is 12.7. The van der Waals surface area contributed by atoms with Crippen LogP contribution in [0.15, 0.2) is 72.6 Å². The summed E-state index contributed by atoms with van der Waals surface area (Å²) in [5.74, 6) is -0.230. The van der Waals surface area contributed by atoms with Gasteiger partial charge in [0.15, 0.2) is 0 Å². The number of carboxylic acids is 1. The van der Waals surface area contributed by atoms with Crippen molar-refractivity contribution in [1.29, 1.82) is 0 Å². The minimum atomic E-state index is -1.03. The highest BCUT2D eigenvalue weighted by atomic mass is 35.5. The fourth-order valence-electron chi connectivity index (χ4n) is 9.82. The van der Waals surface area contributed by atoms with Crippen molar-refractivity contribution in [2.45, 2.75) is 78.2 Å². The smallest absolute Gasteiger partial charge is 0.410 e. The number of hydrogen-bond donors (Lipinski definition) is 2. The molecule has 3 aliphatic heterocycles. The average Bonchev–Trinajstić information content (AvgIpc) is 3.67. The van der Waals surface area contributed by atoms with Crippen LogP contribution in [0.3, 0.4) is 0 Å². The summed E-state index contributed by atoms with van der Waals surface area (Å²) in [6, 6.07) is 17.6. The number of benzene rings is 2. The lowest BCUT2D eigenvalue weighted by Gasteiger charge is -2.49. The normalized spacial score (nSPS) is 21.9. The number of likely N-dealkylation sites (tertiary alicyclic amines) is 2. The van der Waals surface area contributed by atoms with Gasteiger partial charge in [0.25, 0.3) is 0 Å². The van der Waals surface area contributed by atoms with Crippen molar-refractivity contribution in [3.05, 3.63) is 88.7 Å². The summed E-state index contributed by atoms with van der Waals surface area (Å²) in [6.07, 6.45) is 11.0. The summed E-state index contributed by atoms with van der Waals surface area (Å²) in [4.78, 5) is 41.9. The van der Waals surface area contributed by atoms with E-state index >= 15 is 0 Å². The highest BCUT2D eigenvalue weighted by Crippen LogP contribution is 2.46. The zero-order valence-corrected chi connectivity index (χ0v) is 35.8. The number of hydrogen-bond acceptors (Lipinski definition) is 8. The lowest BCUT2D eigenvalue weighted by Crippen LogP contribution is -2.50. The first-order valence-corrected chi connectivity index (χ1v) is 21.7. The number of carbonyl (C=O) groups is 2. The number of anilines is 1. The summed E-state index contributed by atoms with van der Waals surface area (Å²) < 4.78 is 11.8. The molecule has 3 fully saturated rings. The molecule has 0 radical (unpaired) electrons. The molecule has 12 heteroatoms. The number of H-pyrrole nitrogens is 1. The topological polar surface area (TPSA) is 114 Å². The number of nitrogens with one attached hydrogen (secondary N) is 1. The number of nitrogens with zero attached hydrogens (tertiary/aromatic N) is 5. The Kier molecular flexibility index (Phi) is 11.7. The lowest BCUT2D eigenvalue weighted by atomic mass is 9.69. The molecule has 1 aliphatic carbocycles. The third-order valence-electron chi connectivity index (χ3n) is 13.2. The maximum Gasteiger partial charge on any atom is 0.410 e. The number of carboxylic acid groups (broad SMARTS) is 1. The van der Waals surface area contributed by atoms with Crippen LogP contribution in [0.5, 0.6) is 11.5 Å². The van der Waals surface area contributed by atoms with Gasteiger partial charge in [-0.15, -0.1) is 0 Å². The number of piperazine rings is 1. The Hall–Kier alpha value is -4.58. The van der Waals surface area contributed by atoms with E-state index in [0.29, 0.717) is 16.9 Å². The molecule has 1 spiro atoms. The van der Waals surface area contributed by atoms with Crippen molar-refractivity contribution in [1.82, 2.24) is 24.7 Å². The Morgan fingerprint density at radius 1 is 0.881 bits per heavy atom. The number of amides is 1. The monoisotopic (exact) mass is 822 g/mol. The molecule has 5 heterocycles. The Labute approximate surface area is 353 Å². The number of aromatic nitrogens is 2. The van der Waals surface area contributed by atoms with Gasteiger partial charge < -0.3 is 34.3 Å². The van der Waals surface area contributed by atoms with E-state index in [2.05, 4.69) is 43.7 Å². The number of pyridine rings is 1. The van der Waals surface area contributed by atoms with E-state index in [1.54, 1.807) is 12.3 Å². The summed E-state index contributed by atoms with van der Waals surface area (Å²) in [6.45, 7) is 17.6. The molecular weight excluding hydrogens is 764 g/mol. The Morgan fingerprint density at radius 3 is 2.29 bits per heavy atom. The molecule has 3 saturated heterocycles. The van der Waals surface area contributed by atoms with Gasteiger partial charge in [0, 0.05) is 80.7 Å². The van der Waals surface area contributed by atoms with Crippen molar-refractivity contribution in [3.63, 3.8) is 0 Å². The van der Waals surface area contributed by atoms with Gasteiger partial charge in [0.1, 0.15) is 28.3 Å². The predicted octanol–water partition coefficient (Wildman–Crippen LogP) is 9.59. The molecule has 0 bridgehead atoms. The van der Waals surface area contributed by atoms with Crippen LogP contribution in [0.1, 0.15) is 88.6 Å². The van der Waals surface area contributed by atoms with Crippen LogP contribution in [-0.2, 0) is 4.74 Å². The second kappa shape index (κ2) is 16.8. The third kappa shape index (κ3) is 9.74. The Morgan fingerprint density at radius 2 is 1.59 bits per heavy atom. The van der Waals surface area contributed by atoms with Gasteiger partial charge in [-0.1, -0.05) is 36.2 Å². The maximum atomic E-state index is 12.7. The molecule has 4 aromatic rings. The standard InChI is InChI=1S/C47H59ClN6O5/c1-45(2,3)59-44(57)54-21-16-47(17-22-54)14-19-52(20-15-47)32-46(4)13-11-39(33-5-7-36(48)8-6-33)35(29-46)31-51-23-25-53(26-24-51)37-9-10-40(43(55)56)41(28-37)58-38-27-34-12-18-49-42(34)50-30-38/h5-10,12,18,27-28,30H,11,13-17,19-26,29,31-32H2,1-4H3,(H,49,50)(H,55,56)/t46-/m1/s1. The molecule has 2 aromatic heterocycles. The van der Waals surface area contributed by atoms with Crippen LogP contribution in [0, 0.1) is 10.8 Å². The number of allylic oxidation sites excluding steroid dienone is 1. The zero-order chi connectivity index (χ0) is 41.4. The molecule has 1 amide bonds. The van der Waals surface area contributed by atoms with Gasteiger partial charge in [0.2, 0.25) is 0 Å². The summed E-state index contributed by atoms with van der Waals surface area (Å²) in [5, 5.41) is 11.6.